The maximum absolute atomic E-state index is 14.7. The highest BCUT2D eigenvalue weighted by molar-refractivity contribution is 6.08. The van der Waals surface area contributed by atoms with Crippen molar-refractivity contribution in [3.8, 4) is 0 Å². The van der Waals surface area contributed by atoms with E-state index in [9.17, 15) is 13.6 Å². The number of aryl methyl sites for hydroxylation is 1. The molecule has 0 unspecified atom stereocenters. The van der Waals surface area contributed by atoms with Gasteiger partial charge in [0, 0.05) is 42.8 Å². The molecule has 1 spiro atoms. The van der Waals surface area contributed by atoms with Crippen molar-refractivity contribution in [2.24, 2.45) is 5.41 Å². The van der Waals surface area contributed by atoms with E-state index >= 15 is 0 Å². The van der Waals surface area contributed by atoms with Crippen molar-refractivity contribution >= 4 is 16.8 Å². The predicted molar refractivity (Wildman–Crippen MR) is 91.0 cm³/mol. The normalized spacial score (nSPS) is 23.7. The fourth-order valence-corrected chi connectivity index (χ4v) is 4.73. The molecular weight excluding hydrogens is 324 g/mol. The third-order valence-corrected chi connectivity index (χ3v) is 6.33. The molecule has 0 radical (unpaired) electrons. The van der Waals surface area contributed by atoms with Crippen LogP contribution < -0.4 is 5.32 Å². The fourth-order valence-electron chi connectivity index (χ4n) is 4.73. The summed E-state index contributed by atoms with van der Waals surface area (Å²) in [5, 5.41) is 3.87. The molecule has 0 bridgehead atoms. The summed E-state index contributed by atoms with van der Waals surface area (Å²) >= 11 is 0. The number of alkyl halides is 2. The number of fused-ring (bicyclic) bond motifs is 3. The Hall–Kier alpha value is -1.95. The van der Waals surface area contributed by atoms with E-state index in [1.807, 2.05) is 24.3 Å². The van der Waals surface area contributed by atoms with Crippen molar-refractivity contribution in [2.45, 2.75) is 31.7 Å². The van der Waals surface area contributed by atoms with Gasteiger partial charge in [-0.25, -0.2) is 8.78 Å². The molecule has 4 heterocycles. The van der Waals surface area contributed by atoms with E-state index in [0.29, 0.717) is 31.6 Å². The number of amides is 1. The van der Waals surface area contributed by atoms with Crippen molar-refractivity contribution in [3.05, 3.63) is 35.5 Å². The number of halogens is 2. The van der Waals surface area contributed by atoms with Gasteiger partial charge in [-0.05, 0) is 25.3 Å². The number of hydrogen-bond donors (Lipinski definition) is 1. The van der Waals surface area contributed by atoms with Gasteiger partial charge in [-0.3, -0.25) is 4.79 Å². The number of hydrogen-bond acceptors (Lipinski definition) is 2. The number of carbonyl (C=O) groups excluding carboxylic acids is 1. The molecule has 0 atom stereocenters. The molecule has 2 saturated heterocycles. The van der Waals surface area contributed by atoms with Gasteiger partial charge in [0.05, 0.1) is 17.5 Å². The number of carbonyl (C=O) groups is 1. The molecule has 4 nitrogen and oxygen atoms in total. The lowest BCUT2D eigenvalue weighted by atomic mass is 9.70. The van der Waals surface area contributed by atoms with Crippen LogP contribution >= 0.6 is 0 Å². The Labute approximate surface area is 144 Å². The van der Waals surface area contributed by atoms with Crippen LogP contribution in [-0.2, 0) is 13.0 Å². The molecule has 1 aromatic heterocycles. The highest BCUT2D eigenvalue weighted by Crippen LogP contribution is 2.47. The molecule has 3 aliphatic heterocycles. The van der Waals surface area contributed by atoms with Crippen molar-refractivity contribution in [1.29, 1.82) is 0 Å². The van der Waals surface area contributed by atoms with Gasteiger partial charge >= 0.3 is 0 Å². The number of para-hydroxylation sites is 1. The lowest BCUT2D eigenvalue weighted by Gasteiger charge is -2.52. The van der Waals surface area contributed by atoms with E-state index in [-0.39, 0.29) is 5.91 Å². The van der Waals surface area contributed by atoms with Gasteiger partial charge in [-0.1, -0.05) is 18.2 Å². The average molecular weight is 345 g/mol. The van der Waals surface area contributed by atoms with Gasteiger partial charge in [-0.15, -0.1) is 0 Å². The Morgan fingerprint density at radius 2 is 1.96 bits per heavy atom. The van der Waals surface area contributed by atoms with Gasteiger partial charge in [0.25, 0.3) is 11.8 Å². The van der Waals surface area contributed by atoms with E-state index in [1.54, 1.807) is 0 Å². The molecule has 1 aromatic carbocycles. The average Bonchev–Trinajstić information content (AvgIpc) is 3.12. The van der Waals surface area contributed by atoms with E-state index in [4.69, 9.17) is 0 Å². The molecule has 2 fully saturated rings. The van der Waals surface area contributed by atoms with Crippen molar-refractivity contribution < 1.29 is 13.6 Å². The Kier molecular flexibility index (Phi) is 3.08. The maximum atomic E-state index is 14.7. The van der Waals surface area contributed by atoms with Crippen molar-refractivity contribution in [2.75, 3.05) is 26.2 Å². The number of aromatic nitrogens is 1. The highest BCUT2D eigenvalue weighted by atomic mass is 19.3. The summed E-state index contributed by atoms with van der Waals surface area (Å²) in [6.07, 6.45) is 2.21. The summed E-state index contributed by atoms with van der Waals surface area (Å²) in [7, 11) is 0. The molecule has 0 saturated carbocycles. The fraction of sp³-hybridized carbons (Fsp3) is 0.526. The largest absolute Gasteiger partial charge is 0.344 e. The van der Waals surface area contributed by atoms with E-state index in [0.717, 1.165) is 36.0 Å². The van der Waals surface area contributed by atoms with Gasteiger partial charge in [0.2, 0.25) is 0 Å². The quantitative estimate of drug-likeness (QED) is 0.863. The predicted octanol–water partition coefficient (Wildman–Crippen LogP) is 2.66. The summed E-state index contributed by atoms with van der Waals surface area (Å²) in [5.74, 6) is -3.06. The van der Waals surface area contributed by atoms with Crippen LogP contribution in [-0.4, -0.2) is 47.5 Å². The van der Waals surface area contributed by atoms with Crippen LogP contribution in [0.1, 0.15) is 28.9 Å². The summed E-state index contributed by atoms with van der Waals surface area (Å²) in [6.45, 7) is 1.55. The Bertz CT molecular complexity index is 869. The van der Waals surface area contributed by atoms with Crippen LogP contribution in [0.15, 0.2) is 24.3 Å². The Balaban J connectivity index is 1.53. The minimum atomic E-state index is -2.83. The molecule has 1 amide bonds. The summed E-state index contributed by atoms with van der Waals surface area (Å²) in [6, 6.07) is 7.83. The second-order valence-corrected chi connectivity index (χ2v) is 7.66. The van der Waals surface area contributed by atoms with Crippen molar-refractivity contribution in [1.82, 2.24) is 14.8 Å². The first kappa shape index (κ1) is 15.3. The number of likely N-dealkylation sites (tertiary alicyclic amines) is 1. The van der Waals surface area contributed by atoms with Crippen molar-refractivity contribution in [3.63, 3.8) is 0 Å². The smallest absolute Gasteiger partial charge is 0.273 e. The third kappa shape index (κ3) is 1.97. The highest BCUT2D eigenvalue weighted by Gasteiger charge is 2.60. The molecule has 3 aliphatic rings. The van der Waals surface area contributed by atoms with Gasteiger partial charge in [0.1, 0.15) is 0 Å². The molecule has 6 heteroatoms. The number of benzene rings is 1. The molecule has 5 rings (SSSR count). The second kappa shape index (κ2) is 5.04. The minimum Gasteiger partial charge on any atom is -0.344 e. The zero-order valence-corrected chi connectivity index (χ0v) is 14.0. The summed E-state index contributed by atoms with van der Waals surface area (Å²) < 4.78 is 31.6. The van der Waals surface area contributed by atoms with E-state index in [1.165, 1.54) is 4.90 Å². The van der Waals surface area contributed by atoms with Gasteiger partial charge in [0.15, 0.2) is 0 Å². The van der Waals surface area contributed by atoms with Crippen LogP contribution in [0.25, 0.3) is 10.9 Å². The van der Waals surface area contributed by atoms with Gasteiger partial charge < -0.3 is 14.8 Å². The SMILES string of the molecule is O=C(c1c2n(c3ccccc13)CCC2)N1CCC2(CNC2)C(F)(F)C1. The molecule has 25 heavy (non-hydrogen) atoms. The van der Waals surface area contributed by atoms with E-state index < -0.39 is 17.9 Å². The summed E-state index contributed by atoms with van der Waals surface area (Å²) in [5.41, 5.74) is 1.75. The van der Waals surface area contributed by atoms with E-state index in [2.05, 4.69) is 9.88 Å². The third-order valence-electron chi connectivity index (χ3n) is 6.33. The van der Waals surface area contributed by atoms with Crippen LogP contribution in [0.3, 0.4) is 0 Å². The van der Waals surface area contributed by atoms with Crippen LogP contribution in [0.2, 0.25) is 0 Å². The zero-order valence-electron chi connectivity index (χ0n) is 14.0. The topological polar surface area (TPSA) is 37.3 Å². The molecule has 2 aromatic rings. The number of nitrogens with one attached hydrogen (secondary N) is 1. The Morgan fingerprint density at radius 1 is 1.16 bits per heavy atom. The molecule has 0 aliphatic carbocycles. The number of rotatable bonds is 1. The molecule has 1 N–H and O–H groups in total. The summed E-state index contributed by atoms with van der Waals surface area (Å²) in [4.78, 5) is 14.6. The lowest BCUT2D eigenvalue weighted by molar-refractivity contribution is -0.181. The molecule has 132 valence electrons. The molecular formula is C19H21F2N3O. The zero-order chi connectivity index (χ0) is 17.2. The van der Waals surface area contributed by atoms with Gasteiger partial charge in [-0.2, -0.15) is 0 Å². The van der Waals surface area contributed by atoms with Crippen LogP contribution in [0.5, 0.6) is 0 Å². The maximum Gasteiger partial charge on any atom is 0.273 e. The monoisotopic (exact) mass is 345 g/mol. The lowest BCUT2D eigenvalue weighted by Crippen LogP contribution is -2.69. The standard InChI is InChI=1S/C19H21F2N3O/c20-19(21)12-23(9-7-18(19)10-22-11-18)17(25)16-13-4-1-2-5-14(13)24-8-3-6-15(16)24/h1-2,4-5,22H,3,6-12H2. The number of nitrogens with zero attached hydrogens (tertiary/aromatic N) is 2. The first-order valence-corrected chi connectivity index (χ1v) is 9.00. The second-order valence-electron chi connectivity index (χ2n) is 7.66. The Morgan fingerprint density at radius 3 is 2.68 bits per heavy atom. The van der Waals surface area contributed by atoms with Crippen LogP contribution in [0, 0.1) is 5.41 Å². The minimum absolute atomic E-state index is 0.228. The first-order valence-electron chi connectivity index (χ1n) is 9.00. The number of piperidine rings is 1. The first-order chi connectivity index (χ1) is 12.0. The van der Waals surface area contributed by atoms with Crippen LogP contribution in [0.4, 0.5) is 8.78 Å².